The van der Waals surface area contributed by atoms with E-state index in [1.54, 1.807) is 30.3 Å². The second kappa shape index (κ2) is 8.32. The molecule has 2 aromatic carbocycles. The van der Waals surface area contributed by atoms with Gasteiger partial charge in [-0.25, -0.2) is 4.79 Å². The number of piperidine rings is 1. The van der Waals surface area contributed by atoms with Gasteiger partial charge < -0.3 is 4.90 Å². The molecule has 8 nitrogen and oxygen atoms in total. The Labute approximate surface area is 168 Å². The van der Waals surface area contributed by atoms with Gasteiger partial charge in [-0.2, -0.15) is 5.06 Å². The lowest BCUT2D eigenvalue weighted by Gasteiger charge is -2.29. The van der Waals surface area contributed by atoms with Crippen LogP contribution in [-0.4, -0.2) is 46.4 Å². The molecule has 2 saturated heterocycles. The highest BCUT2D eigenvalue weighted by Crippen LogP contribution is 2.30. The minimum Gasteiger partial charge on any atom is -0.309 e. The summed E-state index contributed by atoms with van der Waals surface area (Å²) in [6, 6.07) is 17.2. The summed E-state index contributed by atoms with van der Waals surface area (Å²) in [4.78, 5) is 44.7. The number of hydrazine groups is 1. The molecule has 150 valence electrons. The molecule has 0 spiro atoms. The highest BCUT2D eigenvalue weighted by molar-refractivity contribution is 5.96. The Balaban J connectivity index is 1.33. The summed E-state index contributed by atoms with van der Waals surface area (Å²) >= 11 is 0. The van der Waals surface area contributed by atoms with Gasteiger partial charge >= 0.3 is 6.03 Å². The zero-order valence-corrected chi connectivity index (χ0v) is 15.8. The highest BCUT2D eigenvalue weighted by Gasteiger charge is 2.48. The number of amides is 4. The first-order chi connectivity index (χ1) is 14.1. The normalized spacial score (nSPS) is 20.5. The maximum absolute atomic E-state index is 12.7. The van der Waals surface area contributed by atoms with Gasteiger partial charge in [0.05, 0.1) is 6.04 Å². The average molecular weight is 394 g/mol. The molecule has 2 heterocycles. The first-order valence-electron chi connectivity index (χ1n) is 9.55. The van der Waals surface area contributed by atoms with Crippen LogP contribution in [0.15, 0.2) is 60.7 Å². The van der Waals surface area contributed by atoms with Crippen LogP contribution in [0.4, 0.5) is 4.79 Å². The molecule has 2 fully saturated rings. The summed E-state index contributed by atoms with van der Waals surface area (Å²) in [5.74, 6) is -0.820. The Kier molecular flexibility index (Phi) is 5.44. The van der Waals surface area contributed by atoms with Crippen LogP contribution in [0.1, 0.15) is 28.8 Å². The van der Waals surface area contributed by atoms with Crippen LogP contribution in [0.25, 0.3) is 0 Å². The maximum Gasteiger partial charge on any atom is 0.345 e. The van der Waals surface area contributed by atoms with Gasteiger partial charge in [-0.3, -0.25) is 25.3 Å². The van der Waals surface area contributed by atoms with Gasteiger partial charge in [0.2, 0.25) is 0 Å². The molecule has 29 heavy (non-hydrogen) atoms. The predicted octanol–water partition coefficient (Wildman–Crippen LogP) is 1.85. The van der Waals surface area contributed by atoms with E-state index in [9.17, 15) is 14.4 Å². The fourth-order valence-corrected chi connectivity index (χ4v) is 3.65. The van der Waals surface area contributed by atoms with Crippen LogP contribution in [0.2, 0.25) is 0 Å². The first kappa shape index (κ1) is 18.9. The van der Waals surface area contributed by atoms with Gasteiger partial charge in [-0.1, -0.05) is 48.5 Å². The fourth-order valence-electron chi connectivity index (χ4n) is 3.65. The van der Waals surface area contributed by atoms with Gasteiger partial charge in [0.25, 0.3) is 11.8 Å². The summed E-state index contributed by atoms with van der Waals surface area (Å²) < 4.78 is 0. The molecule has 0 saturated carbocycles. The highest BCUT2D eigenvalue weighted by atomic mass is 16.7. The van der Waals surface area contributed by atoms with Crippen molar-refractivity contribution in [1.82, 2.24) is 20.8 Å². The molecule has 2 aromatic rings. The number of hydroxylamine groups is 2. The van der Waals surface area contributed by atoms with E-state index in [1.807, 2.05) is 30.3 Å². The van der Waals surface area contributed by atoms with Crippen LogP contribution in [0.3, 0.4) is 0 Å². The van der Waals surface area contributed by atoms with Crippen molar-refractivity contribution >= 4 is 17.8 Å². The van der Waals surface area contributed by atoms with Crippen molar-refractivity contribution in [3.8, 4) is 0 Å². The molecule has 0 aromatic heterocycles. The van der Waals surface area contributed by atoms with Crippen molar-refractivity contribution in [2.24, 2.45) is 0 Å². The second-order valence-electron chi connectivity index (χ2n) is 7.08. The molecule has 4 rings (SSSR count). The van der Waals surface area contributed by atoms with Crippen LogP contribution < -0.4 is 10.9 Å². The zero-order chi connectivity index (χ0) is 20.2. The van der Waals surface area contributed by atoms with E-state index in [-0.39, 0.29) is 12.1 Å². The molecule has 2 aliphatic rings. The van der Waals surface area contributed by atoms with Crippen LogP contribution in [0, 0.1) is 0 Å². The van der Waals surface area contributed by atoms with Gasteiger partial charge in [-0.05, 0) is 30.5 Å². The standard InChI is InChI=1S/C21H22N4O4/c26-19(16-9-5-2-6-10-16)22-23-20(27)18-12-11-17-13-24(18)21(28)25(17)29-14-15-7-3-1-4-8-15/h1-10,17-18H,11-14H2,(H,22,26)(H,23,27). The molecule has 4 amide bonds. The van der Waals surface area contributed by atoms with E-state index in [0.29, 0.717) is 31.6 Å². The quantitative estimate of drug-likeness (QED) is 0.758. The summed E-state index contributed by atoms with van der Waals surface area (Å²) in [5.41, 5.74) is 6.25. The number of hydrogen-bond donors (Lipinski definition) is 2. The van der Waals surface area contributed by atoms with Crippen molar-refractivity contribution in [2.45, 2.75) is 31.5 Å². The Morgan fingerprint density at radius 2 is 1.66 bits per heavy atom. The number of rotatable bonds is 5. The minimum atomic E-state index is -0.639. The van der Waals surface area contributed by atoms with E-state index in [2.05, 4.69) is 10.9 Å². The van der Waals surface area contributed by atoms with E-state index in [1.165, 1.54) is 9.96 Å². The van der Waals surface area contributed by atoms with E-state index >= 15 is 0 Å². The van der Waals surface area contributed by atoms with Gasteiger partial charge in [0, 0.05) is 12.1 Å². The van der Waals surface area contributed by atoms with Crippen molar-refractivity contribution < 1.29 is 19.2 Å². The number of nitrogens with one attached hydrogen (secondary N) is 2. The maximum atomic E-state index is 12.7. The largest absolute Gasteiger partial charge is 0.345 e. The smallest absolute Gasteiger partial charge is 0.309 e. The first-order valence-corrected chi connectivity index (χ1v) is 9.55. The lowest BCUT2D eigenvalue weighted by molar-refractivity contribution is -0.140. The molecule has 2 bridgehead atoms. The van der Waals surface area contributed by atoms with Crippen molar-refractivity contribution in [1.29, 1.82) is 0 Å². The number of benzene rings is 2. The number of fused-ring (bicyclic) bond motifs is 2. The van der Waals surface area contributed by atoms with Gasteiger partial charge in [0.1, 0.15) is 12.6 Å². The minimum absolute atomic E-state index is 0.0748. The second-order valence-corrected chi connectivity index (χ2v) is 7.08. The molecule has 0 aliphatic carbocycles. The number of carbonyl (C=O) groups excluding carboxylic acids is 3. The van der Waals surface area contributed by atoms with Gasteiger partial charge in [-0.15, -0.1) is 0 Å². The zero-order valence-electron chi connectivity index (χ0n) is 15.8. The van der Waals surface area contributed by atoms with E-state index in [0.717, 1.165) is 5.56 Å². The monoisotopic (exact) mass is 394 g/mol. The number of hydrogen-bond acceptors (Lipinski definition) is 4. The fraction of sp³-hybridized carbons (Fsp3) is 0.286. The lowest BCUT2D eigenvalue weighted by atomic mass is 10.0. The number of nitrogens with zero attached hydrogens (tertiary/aromatic N) is 2. The van der Waals surface area contributed by atoms with Crippen LogP contribution >= 0.6 is 0 Å². The average Bonchev–Trinajstić information content (AvgIpc) is 3.01. The third-order valence-electron chi connectivity index (χ3n) is 5.17. The Morgan fingerprint density at radius 1 is 0.966 bits per heavy atom. The molecular weight excluding hydrogens is 372 g/mol. The van der Waals surface area contributed by atoms with E-state index < -0.39 is 17.9 Å². The summed E-state index contributed by atoms with van der Waals surface area (Å²) in [6.07, 6.45) is 1.16. The molecule has 2 aliphatic heterocycles. The summed E-state index contributed by atoms with van der Waals surface area (Å²) in [6.45, 7) is 0.721. The SMILES string of the molecule is O=C(NNC(=O)C1CCC2CN1C(=O)N2OCc1ccccc1)c1ccccc1. The van der Waals surface area contributed by atoms with Crippen LogP contribution in [0.5, 0.6) is 0 Å². The molecule has 8 heteroatoms. The third kappa shape index (κ3) is 4.07. The summed E-state index contributed by atoms with van der Waals surface area (Å²) in [5, 5.41) is 1.38. The van der Waals surface area contributed by atoms with Gasteiger partial charge in [0.15, 0.2) is 0 Å². The van der Waals surface area contributed by atoms with Crippen molar-refractivity contribution in [2.75, 3.05) is 6.54 Å². The summed E-state index contributed by atoms with van der Waals surface area (Å²) in [7, 11) is 0. The third-order valence-corrected chi connectivity index (χ3v) is 5.17. The molecule has 2 atom stereocenters. The molecule has 2 N–H and O–H groups in total. The number of carbonyl (C=O) groups is 3. The van der Waals surface area contributed by atoms with Crippen LogP contribution in [-0.2, 0) is 16.2 Å². The lowest BCUT2D eigenvalue weighted by Crippen LogP contribution is -2.54. The van der Waals surface area contributed by atoms with Crippen molar-refractivity contribution in [3.05, 3.63) is 71.8 Å². The Bertz CT molecular complexity index is 890. The molecular formula is C21H22N4O4. The van der Waals surface area contributed by atoms with Crippen molar-refractivity contribution in [3.63, 3.8) is 0 Å². The Morgan fingerprint density at radius 3 is 2.38 bits per heavy atom. The molecule has 2 unspecified atom stereocenters. The molecule has 0 radical (unpaired) electrons. The number of urea groups is 1. The van der Waals surface area contributed by atoms with E-state index in [4.69, 9.17) is 4.84 Å². The topological polar surface area (TPSA) is 91.0 Å². The predicted molar refractivity (Wildman–Crippen MR) is 104 cm³/mol. The Hall–Kier alpha value is -3.39.